The molecule has 6 nitrogen and oxygen atoms in total. The summed E-state index contributed by atoms with van der Waals surface area (Å²) in [5.41, 5.74) is 1.12. The molecule has 1 atom stereocenters. The molecule has 166 valence electrons. The lowest BCUT2D eigenvalue weighted by Crippen LogP contribution is -2.44. The Balaban J connectivity index is 1.41. The number of benzene rings is 2. The highest BCUT2D eigenvalue weighted by molar-refractivity contribution is 7.89. The first-order valence-electron chi connectivity index (χ1n) is 10.6. The number of likely N-dealkylation sites (tertiary alicyclic amines) is 1. The summed E-state index contributed by atoms with van der Waals surface area (Å²) in [7, 11) is -1.93. The molecule has 2 aliphatic heterocycles. The average Bonchev–Trinajstić information content (AvgIpc) is 3.29. The summed E-state index contributed by atoms with van der Waals surface area (Å²) in [6.45, 7) is 1.45. The van der Waals surface area contributed by atoms with Crippen molar-refractivity contribution >= 4 is 27.5 Å². The van der Waals surface area contributed by atoms with Gasteiger partial charge in [-0.25, -0.2) is 8.42 Å². The number of halogens is 1. The van der Waals surface area contributed by atoms with Crippen molar-refractivity contribution in [1.29, 1.82) is 0 Å². The van der Waals surface area contributed by atoms with Gasteiger partial charge < -0.3 is 9.64 Å². The van der Waals surface area contributed by atoms with E-state index >= 15 is 0 Å². The number of amides is 1. The van der Waals surface area contributed by atoms with E-state index in [4.69, 9.17) is 16.3 Å². The van der Waals surface area contributed by atoms with Gasteiger partial charge in [-0.3, -0.25) is 4.79 Å². The normalized spacial score (nSPS) is 20.7. The van der Waals surface area contributed by atoms with E-state index in [-0.39, 0.29) is 22.8 Å². The summed E-state index contributed by atoms with van der Waals surface area (Å²) in [5.74, 6) is 0.797. The van der Waals surface area contributed by atoms with Crippen LogP contribution < -0.4 is 4.74 Å². The maximum atomic E-state index is 13.3. The molecule has 0 spiro atoms. The Morgan fingerprint density at radius 2 is 1.61 bits per heavy atom. The lowest BCUT2D eigenvalue weighted by atomic mass is 9.95. The second-order valence-corrected chi connectivity index (χ2v) is 10.5. The summed E-state index contributed by atoms with van der Waals surface area (Å²) in [6, 6.07) is 14.2. The van der Waals surface area contributed by atoms with Crippen LogP contribution in [0.15, 0.2) is 53.4 Å². The maximum absolute atomic E-state index is 13.3. The van der Waals surface area contributed by atoms with Crippen LogP contribution in [0, 0.1) is 5.92 Å². The fourth-order valence-electron chi connectivity index (χ4n) is 4.54. The number of carbonyl (C=O) groups excluding carboxylic acids is 1. The third-order valence-corrected chi connectivity index (χ3v) is 8.46. The number of hydrogen-bond acceptors (Lipinski definition) is 4. The molecule has 0 N–H and O–H groups in total. The molecule has 0 bridgehead atoms. The van der Waals surface area contributed by atoms with E-state index in [2.05, 4.69) is 0 Å². The van der Waals surface area contributed by atoms with Crippen molar-refractivity contribution < 1.29 is 17.9 Å². The Morgan fingerprint density at radius 3 is 2.23 bits per heavy atom. The largest absolute Gasteiger partial charge is 0.497 e. The Bertz CT molecular complexity index is 1020. The van der Waals surface area contributed by atoms with Crippen molar-refractivity contribution in [1.82, 2.24) is 9.21 Å². The molecule has 0 radical (unpaired) electrons. The van der Waals surface area contributed by atoms with Crippen LogP contribution in [0.25, 0.3) is 0 Å². The monoisotopic (exact) mass is 462 g/mol. The molecule has 2 saturated heterocycles. The van der Waals surface area contributed by atoms with Crippen LogP contribution in [0.5, 0.6) is 5.75 Å². The second kappa shape index (κ2) is 9.18. The van der Waals surface area contributed by atoms with Gasteiger partial charge in [0.15, 0.2) is 0 Å². The zero-order chi connectivity index (χ0) is 22.0. The molecular formula is C23H27ClN2O4S. The molecular weight excluding hydrogens is 436 g/mol. The highest BCUT2D eigenvalue weighted by Gasteiger charge is 2.37. The summed E-state index contributed by atoms with van der Waals surface area (Å²) in [5, 5.41) is 0.500. The van der Waals surface area contributed by atoms with E-state index in [1.807, 2.05) is 29.2 Å². The molecule has 2 aromatic carbocycles. The minimum atomic E-state index is -3.57. The van der Waals surface area contributed by atoms with Gasteiger partial charge in [0.1, 0.15) is 5.75 Å². The van der Waals surface area contributed by atoms with E-state index in [0.717, 1.165) is 30.7 Å². The van der Waals surface area contributed by atoms with Crippen LogP contribution >= 0.6 is 11.6 Å². The molecule has 1 amide bonds. The number of sulfonamides is 1. The minimum Gasteiger partial charge on any atom is -0.497 e. The summed E-state index contributed by atoms with van der Waals surface area (Å²) in [6.07, 6.45) is 3.00. The Labute approximate surface area is 188 Å². The van der Waals surface area contributed by atoms with Crippen LogP contribution in [0.4, 0.5) is 0 Å². The van der Waals surface area contributed by atoms with E-state index < -0.39 is 10.0 Å². The van der Waals surface area contributed by atoms with Gasteiger partial charge in [-0.1, -0.05) is 23.7 Å². The lowest BCUT2D eigenvalue weighted by Gasteiger charge is -2.34. The molecule has 31 heavy (non-hydrogen) atoms. The number of piperidine rings is 1. The van der Waals surface area contributed by atoms with Gasteiger partial charge in [0.05, 0.1) is 18.0 Å². The van der Waals surface area contributed by atoms with Gasteiger partial charge in [0.2, 0.25) is 15.9 Å². The summed E-state index contributed by atoms with van der Waals surface area (Å²) < 4.78 is 32.5. The number of carbonyl (C=O) groups is 1. The lowest BCUT2D eigenvalue weighted by molar-refractivity contribution is -0.137. The highest BCUT2D eigenvalue weighted by atomic mass is 35.5. The smallest absolute Gasteiger partial charge is 0.243 e. The molecule has 2 aromatic rings. The Hall–Kier alpha value is -2.09. The van der Waals surface area contributed by atoms with Gasteiger partial charge in [-0.05, 0) is 67.6 Å². The van der Waals surface area contributed by atoms with Crippen LogP contribution in [0.3, 0.4) is 0 Å². The molecule has 2 fully saturated rings. The SMILES string of the molecule is COc1ccc([C@H]2CCCN2C(=O)C2CCN(S(=O)(=O)c3ccc(Cl)cc3)CC2)cc1. The van der Waals surface area contributed by atoms with Crippen molar-refractivity contribution in [3.8, 4) is 5.75 Å². The van der Waals surface area contributed by atoms with E-state index in [1.54, 1.807) is 19.2 Å². The van der Waals surface area contributed by atoms with Crippen LogP contribution in [-0.2, 0) is 14.8 Å². The minimum absolute atomic E-state index is 0.0780. The number of methoxy groups -OCH3 is 1. The van der Waals surface area contributed by atoms with Gasteiger partial charge in [0.25, 0.3) is 0 Å². The predicted molar refractivity (Wildman–Crippen MR) is 120 cm³/mol. The first kappa shape index (κ1) is 22.1. The zero-order valence-corrected chi connectivity index (χ0v) is 19.1. The van der Waals surface area contributed by atoms with Gasteiger partial charge in [-0.15, -0.1) is 0 Å². The van der Waals surface area contributed by atoms with Crippen molar-refractivity contribution in [3.63, 3.8) is 0 Å². The van der Waals surface area contributed by atoms with E-state index in [0.29, 0.717) is 31.0 Å². The first-order chi connectivity index (χ1) is 14.9. The number of nitrogens with zero attached hydrogens (tertiary/aromatic N) is 2. The highest BCUT2D eigenvalue weighted by Crippen LogP contribution is 2.35. The van der Waals surface area contributed by atoms with Crippen molar-refractivity contribution in [2.24, 2.45) is 5.92 Å². The van der Waals surface area contributed by atoms with Crippen LogP contribution in [0.1, 0.15) is 37.3 Å². The quantitative estimate of drug-likeness (QED) is 0.670. The second-order valence-electron chi connectivity index (χ2n) is 8.10. The Kier molecular flexibility index (Phi) is 6.55. The summed E-state index contributed by atoms with van der Waals surface area (Å²) >= 11 is 5.88. The third kappa shape index (κ3) is 4.59. The van der Waals surface area contributed by atoms with Gasteiger partial charge in [0, 0.05) is 30.6 Å². The number of rotatable bonds is 5. The third-order valence-electron chi connectivity index (χ3n) is 6.29. The molecule has 2 aliphatic rings. The molecule has 2 heterocycles. The predicted octanol–water partition coefficient (Wildman–Crippen LogP) is 4.11. The molecule has 0 aromatic heterocycles. The topological polar surface area (TPSA) is 66.9 Å². The maximum Gasteiger partial charge on any atom is 0.243 e. The fraction of sp³-hybridized carbons (Fsp3) is 0.435. The van der Waals surface area contributed by atoms with E-state index in [9.17, 15) is 13.2 Å². The van der Waals surface area contributed by atoms with Gasteiger partial charge in [-0.2, -0.15) is 4.31 Å². The van der Waals surface area contributed by atoms with Crippen molar-refractivity contribution in [3.05, 3.63) is 59.1 Å². The average molecular weight is 463 g/mol. The number of ether oxygens (including phenoxy) is 1. The van der Waals surface area contributed by atoms with Crippen LogP contribution in [-0.4, -0.2) is 50.3 Å². The van der Waals surface area contributed by atoms with E-state index in [1.165, 1.54) is 16.4 Å². The van der Waals surface area contributed by atoms with Crippen LogP contribution in [0.2, 0.25) is 5.02 Å². The molecule has 4 rings (SSSR count). The summed E-state index contributed by atoms with van der Waals surface area (Å²) in [4.78, 5) is 15.5. The molecule has 0 saturated carbocycles. The Morgan fingerprint density at radius 1 is 0.968 bits per heavy atom. The van der Waals surface area contributed by atoms with Gasteiger partial charge >= 0.3 is 0 Å². The van der Waals surface area contributed by atoms with Crippen molar-refractivity contribution in [2.45, 2.75) is 36.6 Å². The molecule has 8 heteroatoms. The first-order valence-corrected chi connectivity index (χ1v) is 12.4. The molecule has 0 aliphatic carbocycles. The standard InChI is InChI=1S/C23H27ClN2O4S/c1-30-20-8-4-17(5-9-20)22-3-2-14-26(22)23(27)18-12-15-25(16-13-18)31(28,29)21-10-6-19(24)7-11-21/h4-11,18,22H,2-3,12-16H2,1H3/t22-/m1/s1. The fourth-order valence-corrected chi connectivity index (χ4v) is 6.13. The van der Waals surface area contributed by atoms with Crippen molar-refractivity contribution in [2.75, 3.05) is 26.7 Å². The zero-order valence-electron chi connectivity index (χ0n) is 17.5. The number of hydrogen-bond donors (Lipinski definition) is 0. The molecule has 0 unspecified atom stereocenters.